The lowest BCUT2D eigenvalue weighted by Crippen LogP contribution is -2.47. The summed E-state index contributed by atoms with van der Waals surface area (Å²) in [5.41, 5.74) is 2.10. The molecule has 0 saturated carbocycles. The van der Waals surface area contributed by atoms with Crippen molar-refractivity contribution in [2.75, 3.05) is 31.1 Å². The molecule has 1 atom stereocenters. The molecule has 8 heteroatoms. The molecule has 142 valence electrons. The molecule has 4 rings (SSSR count). The lowest BCUT2D eigenvalue weighted by atomic mass is 10.1. The van der Waals surface area contributed by atoms with Gasteiger partial charge in [-0.1, -0.05) is 0 Å². The van der Waals surface area contributed by atoms with Crippen LogP contribution >= 0.6 is 11.3 Å². The van der Waals surface area contributed by atoms with Crippen molar-refractivity contribution in [2.45, 2.75) is 33.7 Å². The Morgan fingerprint density at radius 1 is 1.00 bits per heavy atom. The quantitative estimate of drug-likeness (QED) is 0.687. The maximum absolute atomic E-state index is 14.6. The second-order valence-corrected chi connectivity index (χ2v) is 8.26. The number of halogens is 1. The fraction of sp³-hybridized carbons (Fsp3) is 0.474. The van der Waals surface area contributed by atoms with Crippen molar-refractivity contribution in [3.05, 3.63) is 40.2 Å². The second-order valence-electron chi connectivity index (χ2n) is 7.02. The predicted molar refractivity (Wildman–Crippen MR) is 106 cm³/mol. The summed E-state index contributed by atoms with van der Waals surface area (Å²) in [7, 11) is 0. The smallest absolute Gasteiger partial charge is 0.171 e. The highest BCUT2D eigenvalue weighted by Crippen LogP contribution is 2.28. The fourth-order valence-electron chi connectivity index (χ4n) is 3.63. The minimum atomic E-state index is -0.247. The Kier molecular flexibility index (Phi) is 4.77. The Morgan fingerprint density at radius 2 is 1.74 bits per heavy atom. The highest BCUT2D eigenvalue weighted by Gasteiger charge is 2.26. The van der Waals surface area contributed by atoms with E-state index in [9.17, 15) is 4.39 Å². The third-order valence-corrected chi connectivity index (χ3v) is 5.91. The zero-order valence-electron chi connectivity index (χ0n) is 16.0. The van der Waals surface area contributed by atoms with E-state index in [1.165, 1.54) is 11.3 Å². The van der Waals surface area contributed by atoms with Crippen LogP contribution in [0.2, 0.25) is 0 Å². The van der Waals surface area contributed by atoms with Crippen LogP contribution in [0.1, 0.15) is 35.2 Å². The lowest BCUT2D eigenvalue weighted by Gasteiger charge is -2.38. The highest BCUT2D eigenvalue weighted by atomic mass is 32.1. The van der Waals surface area contributed by atoms with Crippen LogP contribution in [0.3, 0.4) is 0 Å². The van der Waals surface area contributed by atoms with Crippen LogP contribution < -0.4 is 4.90 Å². The van der Waals surface area contributed by atoms with Crippen LogP contribution in [0.4, 0.5) is 10.2 Å². The summed E-state index contributed by atoms with van der Waals surface area (Å²) in [5.74, 6) is 1.51. The molecule has 3 aromatic rings. The molecular formula is C19H23FN6S. The molecule has 0 N–H and O–H groups in total. The minimum absolute atomic E-state index is 0.0903. The Morgan fingerprint density at radius 3 is 2.44 bits per heavy atom. The van der Waals surface area contributed by atoms with Gasteiger partial charge in [0.25, 0.3) is 0 Å². The van der Waals surface area contributed by atoms with Gasteiger partial charge in [-0.3, -0.25) is 4.90 Å². The molecule has 1 unspecified atom stereocenters. The van der Waals surface area contributed by atoms with E-state index in [4.69, 9.17) is 0 Å². The molecule has 1 aliphatic heterocycles. The number of fused-ring (bicyclic) bond motifs is 1. The predicted octanol–water partition coefficient (Wildman–Crippen LogP) is 3.43. The number of pyridine rings is 1. The van der Waals surface area contributed by atoms with E-state index in [0.717, 1.165) is 53.2 Å². The first-order chi connectivity index (χ1) is 12.9. The molecule has 1 aliphatic rings. The van der Waals surface area contributed by atoms with Crippen molar-refractivity contribution in [1.29, 1.82) is 0 Å². The lowest BCUT2D eigenvalue weighted by molar-refractivity contribution is 0.191. The van der Waals surface area contributed by atoms with Gasteiger partial charge in [-0.2, -0.15) is 0 Å². The van der Waals surface area contributed by atoms with E-state index < -0.39 is 0 Å². The van der Waals surface area contributed by atoms with E-state index in [0.29, 0.717) is 11.3 Å². The van der Waals surface area contributed by atoms with E-state index in [2.05, 4.69) is 29.7 Å². The normalized spacial score (nSPS) is 16.9. The third-order valence-electron chi connectivity index (χ3n) is 5.00. The summed E-state index contributed by atoms with van der Waals surface area (Å²) in [6, 6.07) is 3.50. The summed E-state index contributed by atoms with van der Waals surface area (Å²) in [6.45, 7) is 11.2. The monoisotopic (exact) mass is 386 g/mol. The number of thiazole rings is 1. The largest absolute Gasteiger partial charge is 0.354 e. The van der Waals surface area contributed by atoms with Crippen molar-refractivity contribution in [3.8, 4) is 0 Å². The standard InChI is InChI=1S/C19H23FN6S/c1-11-9-17(22-13(3)21-11)26-7-5-25(6-8-26)12(2)18-15(20)10-16-19(24-18)23-14(4)27-16/h9-10,12H,5-8H2,1-4H3. The van der Waals surface area contributed by atoms with Crippen molar-refractivity contribution in [3.63, 3.8) is 0 Å². The van der Waals surface area contributed by atoms with Crippen molar-refractivity contribution >= 4 is 27.5 Å². The first-order valence-corrected chi connectivity index (χ1v) is 9.97. The molecule has 6 nitrogen and oxygen atoms in total. The average Bonchev–Trinajstić information content (AvgIpc) is 2.98. The number of aromatic nitrogens is 4. The van der Waals surface area contributed by atoms with Crippen molar-refractivity contribution in [2.24, 2.45) is 0 Å². The SMILES string of the molecule is Cc1cc(N2CCN(C(C)c3nc4nc(C)sc4cc3F)CC2)nc(C)n1. The Labute approximate surface area is 162 Å². The van der Waals surface area contributed by atoms with Crippen LogP contribution in [-0.4, -0.2) is 51.0 Å². The van der Waals surface area contributed by atoms with Gasteiger partial charge in [-0.05, 0) is 33.8 Å². The van der Waals surface area contributed by atoms with Crippen molar-refractivity contribution < 1.29 is 4.39 Å². The van der Waals surface area contributed by atoms with Gasteiger partial charge in [0.15, 0.2) is 5.65 Å². The maximum Gasteiger partial charge on any atom is 0.171 e. The topological polar surface area (TPSA) is 58.0 Å². The van der Waals surface area contributed by atoms with Gasteiger partial charge in [0, 0.05) is 37.9 Å². The van der Waals surface area contributed by atoms with E-state index in [1.807, 2.05) is 33.8 Å². The molecule has 3 aromatic heterocycles. The summed E-state index contributed by atoms with van der Waals surface area (Å²) < 4.78 is 15.4. The third kappa shape index (κ3) is 3.64. The van der Waals surface area contributed by atoms with Gasteiger partial charge in [-0.15, -0.1) is 11.3 Å². The van der Waals surface area contributed by atoms with Gasteiger partial charge < -0.3 is 4.90 Å². The zero-order chi connectivity index (χ0) is 19.1. The maximum atomic E-state index is 14.6. The number of aryl methyl sites for hydroxylation is 3. The molecule has 0 aliphatic carbocycles. The fourth-order valence-corrected chi connectivity index (χ4v) is 4.42. The zero-order valence-corrected chi connectivity index (χ0v) is 16.8. The Balaban J connectivity index is 1.50. The van der Waals surface area contributed by atoms with Gasteiger partial charge in [0.05, 0.1) is 21.4 Å². The number of hydrogen-bond donors (Lipinski definition) is 0. The highest BCUT2D eigenvalue weighted by molar-refractivity contribution is 7.18. The molecule has 1 saturated heterocycles. The van der Waals surface area contributed by atoms with E-state index >= 15 is 0 Å². The van der Waals surface area contributed by atoms with Crippen LogP contribution in [0.15, 0.2) is 12.1 Å². The van der Waals surface area contributed by atoms with Crippen molar-refractivity contribution in [1.82, 2.24) is 24.8 Å². The van der Waals surface area contributed by atoms with Gasteiger partial charge in [0.2, 0.25) is 0 Å². The van der Waals surface area contributed by atoms with Crippen LogP contribution in [-0.2, 0) is 0 Å². The van der Waals surface area contributed by atoms with E-state index in [1.54, 1.807) is 6.07 Å². The Bertz CT molecular complexity index is 959. The van der Waals surface area contributed by atoms with Crippen LogP contribution in [0, 0.1) is 26.6 Å². The molecule has 0 aromatic carbocycles. The number of nitrogens with zero attached hydrogens (tertiary/aromatic N) is 6. The first kappa shape index (κ1) is 18.2. The molecule has 0 radical (unpaired) electrons. The van der Waals surface area contributed by atoms with Crippen LogP contribution in [0.25, 0.3) is 10.3 Å². The van der Waals surface area contributed by atoms with E-state index in [-0.39, 0.29) is 11.9 Å². The number of anilines is 1. The average molecular weight is 387 g/mol. The summed E-state index contributed by atoms with van der Waals surface area (Å²) >= 11 is 1.48. The number of piperazine rings is 1. The van der Waals surface area contributed by atoms with Gasteiger partial charge in [0.1, 0.15) is 17.5 Å². The molecule has 0 spiro atoms. The van der Waals surface area contributed by atoms with Crippen LogP contribution in [0.5, 0.6) is 0 Å². The van der Waals surface area contributed by atoms with Gasteiger partial charge in [-0.25, -0.2) is 24.3 Å². The molecule has 0 bridgehead atoms. The molecular weight excluding hydrogens is 363 g/mol. The number of rotatable bonds is 3. The minimum Gasteiger partial charge on any atom is -0.354 e. The summed E-state index contributed by atoms with van der Waals surface area (Å²) in [4.78, 5) is 22.4. The summed E-state index contributed by atoms with van der Waals surface area (Å²) in [6.07, 6.45) is 0. The second kappa shape index (κ2) is 7.09. The molecule has 0 amide bonds. The summed E-state index contributed by atoms with van der Waals surface area (Å²) in [5, 5.41) is 0.908. The molecule has 1 fully saturated rings. The Hall–Kier alpha value is -2.19. The molecule has 27 heavy (non-hydrogen) atoms. The molecule has 4 heterocycles. The number of hydrogen-bond acceptors (Lipinski definition) is 7. The van der Waals surface area contributed by atoms with Gasteiger partial charge >= 0.3 is 0 Å². The first-order valence-electron chi connectivity index (χ1n) is 9.15.